The fourth-order valence-electron chi connectivity index (χ4n) is 1.60. The van der Waals surface area contributed by atoms with Crippen molar-refractivity contribution in [3.8, 4) is 0 Å². The van der Waals surface area contributed by atoms with Gasteiger partial charge in [0.05, 0.1) is 0 Å². The Morgan fingerprint density at radius 2 is 2.20 bits per heavy atom. The van der Waals surface area contributed by atoms with Crippen LogP contribution in [0.4, 0.5) is 0 Å². The Morgan fingerprint density at radius 3 is 2.93 bits per heavy atom. The molecular formula is C10H12N2O2P+. The van der Waals surface area contributed by atoms with Gasteiger partial charge < -0.3 is 4.98 Å². The summed E-state index contributed by atoms with van der Waals surface area (Å²) in [5.41, 5.74) is 7.55. The first-order valence-corrected chi connectivity index (χ1v) is 5.92. The number of rotatable bonds is 3. The zero-order chi connectivity index (χ0) is 10.8. The topological polar surface area (TPSA) is 79.1 Å². The minimum Gasteiger partial charge on any atom is -0.361 e. The molecule has 1 aromatic heterocycles. The van der Waals surface area contributed by atoms with Crippen LogP contribution in [-0.2, 0) is 11.0 Å². The molecule has 15 heavy (non-hydrogen) atoms. The van der Waals surface area contributed by atoms with E-state index in [1.54, 1.807) is 0 Å². The zero-order valence-corrected chi connectivity index (χ0v) is 8.95. The summed E-state index contributed by atoms with van der Waals surface area (Å²) in [5.74, 6) is -0.695. The van der Waals surface area contributed by atoms with Gasteiger partial charge in [-0.1, -0.05) is 18.2 Å². The monoisotopic (exact) mass is 223 g/mol. The minimum atomic E-state index is -2.31. The highest BCUT2D eigenvalue weighted by Crippen LogP contribution is 2.25. The second-order valence-electron chi connectivity index (χ2n) is 3.43. The van der Waals surface area contributed by atoms with Crippen LogP contribution in [0.15, 0.2) is 30.5 Å². The van der Waals surface area contributed by atoms with Crippen LogP contribution >= 0.6 is 8.03 Å². The molecule has 0 amide bonds. The average Bonchev–Trinajstić information content (AvgIpc) is 2.62. The molecule has 2 atom stereocenters. The largest absolute Gasteiger partial charge is 0.524 e. The summed E-state index contributed by atoms with van der Waals surface area (Å²) < 4.78 is 10.8. The number of para-hydroxylation sites is 1. The maximum absolute atomic E-state index is 10.8. The number of hydrogen-bond acceptors (Lipinski definition) is 2. The lowest BCUT2D eigenvalue weighted by atomic mass is 10.1. The van der Waals surface area contributed by atoms with Crippen molar-refractivity contribution in [1.82, 2.24) is 4.98 Å². The molecule has 2 aromatic rings. The third-order valence-electron chi connectivity index (χ3n) is 2.39. The molecule has 1 aromatic carbocycles. The van der Waals surface area contributed by atoms with Gasteiger partial charge in [0.2, 0.25) is 5.78 Å². The van der Waals surface area contributed by atoms with Crippen molar-refractivity contribution in [2.75, 3.05) is 0 Å². The molecule has 4 N–H and O–H groups in total. The first-order chi connectivity index (χ1) is 7.18. The number of nitrogens with two attached hydrogens (primary N) is 1. The van der Waals surface area contributed by atoms with E-state index in [4.69, 9.17) is 10.6 Å². The van der Waals surface area contributed by atoms with E-state index in [0.29, 0.717) is 6.42 Å². The quantitative estimate of drug-likeness (QED) is 0.693. The number of benzene rings is 1. The maximum Gasteiger partial charge on any atom is 0.524 e. The van der Waals surface area contributed by atoms with Crippen LogP contribution in [0, 0.1) is 0 Å². The average molecular weight is 223 g/mol. The summed E-state index contributed by atoms with van der Waals surface area (Å²) in [6.07, 6.45) is 2.25. The van der Waals surface area contributed by atoms with Gasteiger partial charge in [0, 0.05) is 23.5 Å². The Hall–Kier alpha value is -1.22. The molecule has 0 saturated carbocycles. The van der Waals surface area contributed by atoms with Crippen LogP contribution < -0.4 is 5.73 Å². The van der Waals surface area contributed by atoms with E-state index in [9.17, 15) is 4.57 Å². The van der Waals surface area contributed by atoms with Crippen molar-refractivity contribution < 1.29 is 9.46 Å². The highest BCUT2D eigenvalue weighted by Gasteiger charge is 2.25. The Balaban J connectivity index is 2.32. The number of aromatic nitrogens is 1. The molecule has 0 spiro atoms. The molecule has 2 rings (SSSR count). The van der Waals surface area contributed by atoms with Gasteiger partial charge >= 0.3 is 8.03 Å². The second-order valence-corrected chi connectivity index (χ2v) is 4.70. The molecule has 4 nitrogen and oxygen atoms in total. The molecule has 5 heteroatoms. The predicted molar refractivity (Wildman–Crippen MR) is 59.8 cm³/mol. The van der Waals surface area contributed by atoms with E-state index in [1.807, 2.05) is 30.5 Å². The Morgan fingerprint density at radius 1 is 1.47 bits per heavy atom. The summed E-state index contributed by atoms with van der Waals surface area (Å²) in [6.45, 7) is 0. The first-order valence-electron chi connectivity index (χ1n) is 4.64. The van der Waals surface area contributed by atoms with Gasteiger partial charge in [-0.2, -0.15) is 4.89 Å². The number of nitrogens with one attached hydrogen (secondary N) is 1. The normalized spacial score (nSPS) is 14.1. The molecule has 0 aliphatic heterocycles. The van der Waals surface area contributed by atoms with Crippen molar-refractivity contribution in [3.05, 3.63) is 36.0 Å². The number of fused-ring (bicyclic) bond motifs is 1. The van der Waals surface area contributed by atoms with Gasteiger partial charge in [0.25, 0.3) is 0 Å². The molecule has 0 saturated heterocycles. The van der Waals surface area contributed by atoms with Crippen molar-refractivity contribution >= 4 is 18.9 Å². The van der Waals surface area contributed by atoms with E-state index in [-0.39, 0.29) is 0 Å². The summed E-state index contributed by atoms with van der Waals surface area (Å²) >= 11 is 0. The lowest BCUT2D eigenvalue weighted by molar-refractivity contribution is 0.489. The van der Waals surface area contributed by atoms with Gasteiger partial charge in [0.1, 0.15) is 0 Å². The Labute approximate surface area is 88.0 Å². The third-order valence-corrected chi connectivity index (χ3v) is 3.14. The molecule has 0 radical (unpaired) electrons. The molecule has 0 aliphatic carbocycles. The van der Waals surface area contributed by atoms with Crippen LogP contribution in [0.3, 0.4) is 0 Å². The number of hydrogen-bond donors (Lipinski definition) is 3. The second kappa shape index (κ2) is 4.11. The van der Waals surface area contributed by atoms with E-state index < -0.39 is 13.8 Å². The van der Waals surface area contributed by atoms with E-state index in [0.717, 1.165) is 16.5 Å². The number of aromatic amines is 1. The summed E-state index contributed by atoms with van der Waals surface area (Å²) in [6, 6.07) is 7.81. The van der Waals surface area contributed by atoms with Crippen molar-refractivity contribution in [2.45, 2.75) is 12.2 Å². The predicted octanol–water partition coefficient (Wildman–Crippen LogP) is 1.73. The van der Waals surface area contributed by atoms with Gasteiger partial charge in [-0.25, -0.2) is 0 Å². The molecule has 0 fully saturated rings. The fourth-order valence-corrected chi connectivity index (χ4v) is 1.96. The van der Waals surface area contributed by atoms with E-state index >= 15 is 0 Å². The molecule has 0 bridgehead atoms. The lowest BCUT2D eigenvalue weighted by Crippen LogP contribution is -2.17. The SMILES string of the molecule is NC(Cc1c[nH]c2ccccc12)[P+](=O)O. The molecular weight excluding hydrogens is 211 g/mol. The highest BCUT2D eigenvalue weighted by molar-refractivity contribution is 7.38. The minimum absolute atomic E-state index is 0.412. The summed E-state index contributed by atoms with van der Waals surface area (Å²) in [4.78, 5) is 12.0. The molecule has 78 valence electrons. The van der Waals surface area contributed by atoms with Crippen LogP contribution in [0.2, 0.25) is 0 Å². The third kappa shape index (κ3) is 2.07. The standard InChI is InChI=1S/C10H11N2O2P/c11-10(15(13)14)5-7-6-12-9-4-2-1-3-8(7)9/h1-4,6,10,12H,5,11H2/p+1. The smallest absolute Gasteiger partial charge is 0.361 e. The van der Waals surface area contributed by atoms with Gasteiger partial charge in [0.15, 0.2) is 0 Å². The van der Waals surface area contributed by atoms with Crippen LogP contribution in [0.25, 0.3) is 10.9 Å². The summed E-state index contributed by atoms with van der Waals surface area (Å²) in [5, 5.41) is 1.06. The maximum atomic E-state index is 10.8. The van der Waals surface area contributed by atoms with Crippen LogP contribution in [-0.4, -0.2) is 15.7 Å². The molecule has 0 aliphatic rings. The Bertz CT molecular complexity index is 495. The molecule has 1 heterocycles. The van der Waals surface area contributed by atoms with Crippen molar-refractivity contribution in [1.29, 1.82) is 0 Å². The van der Waals surface area contributed by atoms with Crippen molar-refractivity contribution in [2.24, 2.45) is 5.73 Å². The summed E-state index contributed by atoms with van der Waals surface area (Å²) in [7, 11) is -2.31. The highest BCUT2D eigenvalue weighted by atomic mass is 31.1. The molecule has 2 unspecified atom stereocenters. The van der Waals surface area contributed by atoms with Crippen LogP contribution in [0.1, 0.15) is 5.56 Å². The van der Waals surface area contributed by atoms with E-state index in [1.165, 1.54) is 0 Å². The van der Waals surface area contributed by atoms with Gasteiger partial charge in [-0.05, 0) is 16.2 Å². The Kier molecular flexibility index (Phi) is 2.82. The van der Waals surface area contributed by atoms with Crippen LogP contribution in [0.5, 0.6) is 0 Å². The first kappa shape index (κ1) is 10.3. The lowest BCUT2D eigenvalue weighted by Gasteiger charge is -1.97. The van der Waals surface area contributed by atoms with Crippen molar-refractivity contribution in [3.63, 3.8) is 0 Å². The van der Waals surface area contributed by atoms with Gasteiger partial charge in [-0.15, -0.1) is 0 Å². The zero-order valence-electron chi connectivity index (χ0n) is 8.05. The fraction of sp³-hybridized carbons (Fsp3) is 0.200. The number of H-pyrrole nitrogens is 1. The van der Waals surface area contributed by atoms with Gasteiger partial charge in [-0.3, -0.25) is 5.73 Å². The van der Waals surface area contributed by atoms with E-state index in [2.05, 4.69) is 4.98 Å².